The number of hydrogen-bond acceptors (Lipinski definition) is 6. The molecule has 1 aromatic carbocycles. The Morgan fingerprint density at radius 1 is 1.30 bits per heavy atom. The second-order valence-electron chi connectivity index (χ2n) is 6.46. The molecule has 0 spiro atoms. The highest BCUT2D eigenvalue weighted by Gasteiger charge is 2.21. The van der Waals surface area contributed by atoms with Crippen molar-refractivity contribution in [2.45, 2.75) is 6.54 Å². The Kier molecular flexibility index (Phi) is 5.44. The van der Waals surface area contributed by atoms with E-state index in [4.69, 9.17) is 5.73 Å². The summed E-state index contributed by atoms with van der Waals surface area (Å²) in [5.74, 6) is 0.121. The predicted molar refractivity (Wildman–Crippen MR) is 102 cm³/mol. The molecule has 1 aliphatic heterocycles. The summed E-state index contributed by atoms with van der Waals surface area (Å²) in [6.07, 6.45) is 4.79. The molecule has 0 unspecified atom stereocenters. The van der Waals surface area contributed by atoms with Gasteiger partial charge in [0.05, 0.1) is 25.5 Å². The Balaban J connectivity index is 1.66. The quantitative estimate of drug-likeness (QED) is 0.811. The van der Waals surface area contributed by atoms with Gasteiger partial charge >= 0.3 is 0 Å². The molecule has 8 heteroatoms. The Morgan fingerprint density at radius 3 is 2.74 bits per heavy atom. The molecule has 0 fully saturated rings. The molecular formula is C19H21FN6O. The fourth-order valence-corrected chi connectivity index (χ4v) is 2.65. The van der Waals surface area contributed by atoms with Crippen molar-refractivity contribution in [3.8, 4) is 0 Å². The molecule has 140 valence electrons. The molecule has 1 aromatic heterocycles. The van der Waals surface area contributed by atoms with E-state index in [-0.39, 0.29) is 17.4 Å². The molecule has 1 amide bonds. The van der Waals surface area contributed by atoms with Gasteiger partial charge < -0.3 is 15.5 Å². The third-order valence-corrected chi connectivity index (χ3v) is 4.14. The topological polar surface area (TPSA) is 87.7 Å². The van der Waals surface area contributed by atoms with Gasteiger partial charge in [-0.1, -0.05) is 12.1 Å². The summed E-state index contributed by atoms with van der Waals surface area (Å²) < 4.78 is 12.9. The van der Waals surface area contributed by atoms with Crippen molar-refractivity contribution in [2.24, 2.45) is 10.7 Å². The lowest BCUT2D eigenvalue weighted by Gasteiger charge is -2.18. The van der Waals surface area contributed by atoms with Gasteiger partial charge in [-0.2, -0.15) is 0 Å². The van der Waals surface area contributed by atoms with Crippen LogP contribution in [0.1, 0.15) is 16.1 Å². The lowest BCUT2D eigenvalue weighted by Crippen LogP contribution is -2.26. The Labute approximate surface area is 157 Å². The van der Waals surface area contributed by atoms with E-state index < -0.39 is 0 Å². The fraction of sp³-hybridized carbons (Fsp3) is 0.263. The highest BCUT2D eigenvalue weighted by Crippen LogP contribution is 2.19. The maximum Gasteiger partial charge on any atom is 0.273 e. The van der Waals surface area contributed by atoms with E-state index in [1.165, 1.54) is 23.2 Å². The number of aromatic nitrogens is 2. The van der Waals surface area contributed by atoms with Crippen molar-refractivity contribution in [3.63, 3.8) is 0 Å². The number of carbonyl (C=O) groups is 1. The monoisotopic (exact) mass is 368 g/mol. The van der Waals surface area contributed by atoms with Crippen LogP contribution in [-0.4, -0.2) is 54.2 Å². The van der Waals surface area contributed by atoms with Crippen molar-refractivity contribution in [1.82, 2.24) is 14.9 Å². The molecule has 2 N–H and O–H groups in total. The van der Waals surface area contributed by atoms with Crippen molar-refractivity contribution in [3.05, 3.63) is 65.0 Å². The van der Waals surface area contributed by atoms with E-state index in [1.54, 1.807) is 38.6 Å². The van der Waals surface area contributed by atoms with E-state index >= 15 is 0 Å². The molecule has 0 saturated heterocycles. The molecule has 7 nitrogen and oxygen atoms in total. The number of anilines is 1. The SMILES string of the molecule is CN(C)C(=O)c1cncc(N2CC(N)=C(C=NCc3ccc(F)cc3)C2)n1. The molecule has 0 radical (unpaired) electrons. The number of hydrogen-bond donors (Lipinski definition) is 1. The number of amides is 1. The first-order valence-corrected chi connectivity index (χ1v) is 8.44. The minimum atomic E-state index is -0.266. The molecule has 2 heterocycles. The highest BCUT2D eigenvalue weighted by atomic mass is 19.1. The van der Waals surface area contributed by atoms with Crippen LogP contribution in [0.5, 0.6) is 0 Å². The van der Waals surface area contributed by atoms with Gasteiger partial charge in [0, 0.05) is 38.1 Å². The van der Waals surface area contributed by atoms with Crippen molar-refractivity contribution in [2.75, 3.05) is 32.1 Å². The van der Waals surface area contributed by atoms with Gasteiger partial charge in [-0.05, 0) is 17.7 Å². The first-order chi connectivity index (χ1) is 12.9. The molecule has 0 atom stereocenters. The number of nitrogens with two attached hydrogens (primary N) is 1. The second kappa shape index (κ2) is 7.94. The summed E-state index contributed by atoms with van der Waals surface area (Å²) in [6, 6.07) is 6.23. The van der Waals surface area contributed by atoms with Gasteiger partial charge in [0.15, 0.2) is 0 Å². The van der Waals surface area contributed by atoms with Crippen LogP contribution in [0.3, 0.4) is 0 Å². The minimum Gasteiger partial charge on any atom is -0.400 e. The number of rotatable bonds is 5. The van der Waals surface area contributed by atoms with Gasteiger partial charge in [0.2, 0.25) is 0 Å². The first kappa shape index (κ1) is 18.5. The van der Waals surface area contributed by atoms with Crippen LogP contribution in [0, 0.1) is 5.82 Å². The molecule has 0 saturated carbocycles. The lowest BCUT2D eigenvalue weighted by atomic mass is 10.2. The molecule has 2 aromatic rings. The molecular weight excluding hydrogens is 347 g/mol. The van der Waals surface area contributed by atoms with Crippen molar-refractivity contribution >= 4 is 17.9 Å². The van der Waals surface area contributed by atoms with Crippen molar-refractivity contribution < 1.29 is 9.18 Å². The fourth-order valence-electron chi connectivity index (χ4n) is 2.65. The number of carbonyl (C=O) groups excluding carboxylic acids is 1. The molecule has 0 bridgehead atoms. The zero-order valence-electron chi connectivity index (χ0n) is 15.3. The van der Waals surface area contributed by atoms with Gasteiger partial charge in [0.1, 0.15) is 17.3 Å². The maximum absolute atomic E-state index is 12.9. The summed E-state index contributed by atoms with van der Waals surface area (Å²) in [7, 11) is 3.34. The smallest absolute Gasteiger partial charge is 0.273 e. The average molecular weight is 368 g/mol. The third-order valence-electron chi connectivity index (χ3n) is 4.14. The second-order valence-corrected chi connectivity index (χ2v) is 6.46. The third kappa shape index (κ3) is 4.46. The van der Waals surface area contributed by atoms with E-state index in [0.717, 1.165) is 11.1 Å². The normalized spacial score (nSPS) is 14.3. The Bertz CT molecular complexity index is 891. The van der Waals surface area contributed by atoms with Crippen LogP contribution in [0.4, 0.5) is 10.2 Å². The van der Waals surface area contributed by atoms with Gasteiger partial charge in [-0.3, -0.25) is 14.8 Å². The molecule has 1 aliphatic rings. The minimum absolute atomic E-state index is 0.203. The summed E-state index contributed by atoms with van der Waals surface area (Å²) in [5.41, 5.74) is 8.92. The highest BCUT2D eigenvalue weighted by molar-refractivity contribution is 5.92. The van der Waals surface area contributed by atoms with E-state index in [0.29, 0.717) is 31.1 Å². The van der Waals surface area contributed by atoms with Gasteiger partial charge in [-0.15, -0.1) is 0 Å². The standard InChI is InChI=1S/C19H21FN6O/c1-25(2)19(27)17-9-23-10-18(24-17)26-11-14(16(21)12-26)8-22-7-13-3-5-15(20)6-4-13/h3-6,8-10H,7,11-12,21H2,1-2H3. The molecule has 3 rings (SSSR count). The zero-order valence-corrected chi connectivity index (χ0v) is 15.3. The van der Waals surface area contributed by atoms with E-state index in [2.05, 4.69) is 15.0 Å². The van der Waals surface area contributed by atoms with Crippen LogP contribution >= 0.6 is 0 Å². The van der Waals surface area contributed by atoms with E-state index in [1.807, 2.05) is 4.90 Å². The zero-order chi connectivity index (χ0) is 19.4. The first-order valence-electron chi connectivity index (χ1n) is 8.44. The number of nitrogens with zero attached hydrogens (tertiary/aromatic N) is 5. The lowest BCUT2D eigenvalue weighted by molar-refractivity contribution is 0.0821. The largest absolute Gasteiger partial charge is 0.400 e. The van der Waals surface area contributed by atoms with E-state index in [9.17, 15) is 9.18 Å². The Hall–Kier alpha value is -3.29. The summed E-state index contributed by atoms with van der Waals surface area (Å²) in [6.45, 7) is 1.48. The van der Waals surface area contributed by atoms with Gasteiger partial charge in [-0.25, -0.2) is 9.37 Å². The number of aliphatic imine (C=N–C) groups is 1. The predicted octanol–water partition coefficient (Wildman–Crippen LogP) is 1.62. The summed E-state index contributed by atoms with van der Waals surface area (Å²) in [5, 5.41) is 0. The average Bonchev–Trinajstić information content (AvgIpc) is 3.03. The summed E-state index contributed by atoms with van der Waals surface area (Å²) in [4.78, 5) is 28.4. The Morgan fingerprint density at radius 2 is 2.04 bits per heavy atom. The number of benzene rings is 1. The molecule has 0 aliphatic carbocycles. The summed E-state index contributed by atoms with van der Waals surface area (Å²) >= 11 is 0. The molecule has 27 heavy (non-hydrogen) atoms. The van der Waals surface area contributed by atoms with Crippen molar-refractivity contribution in [1.29, 1.82) is 0 Å². The maximum atomic E-state index is 12.9. The van der Waals surface area contributed by atoms with Crippen LogP contribution < -0.4 is 10.6 Å². The van der Waals surface area contributed by atoms with Crippen LogP contribution in [0.25, 0.3) is 0 Å². The van der Waals surface area contributed by atoms with Gasteiger partial charge in [0.25, 0.3) is 5.91 Å². The van der Waals surface area contributed by atoms with Crippen LogP contribution in [0.15, 0.2) is 52.9 Å². The van der Waals surface area contributed by atoms with Crippen LogP contribution in [0.2, 0.25) is 0 Å². The van der Waals surface area contributed by atoms with Crippen LogP contribution in [-0.2, 0) is 6.54 Å². The number of halogens is 1.